The van der Waals surface area contributed by atoms with Crippen LogP contribution in [0.5, 0.6) is 0 Å². The van der Waals surface area contributed by atoms with Gasteiger partial charge in [-0.05, 0) is 30.0 Å². The lowest BCUT2D eigenvalue weighted by molar-refractivity contribution is -0.116. The fourth-order valence-corrected chi connectivity index (χ4v) is 3.03. The summed E-state index contributed by atoms with van der Waals surface area (Å²) in [4.78, 5) is 11.9. The van der Waals surface area contributed by atoms with Gasteiger partial charge in [-0.3, -0.25) is 4.79 Å². The summed E-state index contributed by atoms with van der Waals surface area (Å²) in [6, 6.07) is 7.71. The first-order valence-corrected chi connectivity index (χ1v) is 9.43. The lowest BCUT2D eigenvalue weighted by Gasteiger charge is -2.18. The second kappa shape index (κ2) is 8.29. The van der Waals surface area contributed by atoms with E-state index < -0.39 is 10.0 Å². The molecule has 0 aliphatic carbocycles. The minimum Gasteiger partial charge on any atom is -0.326 e. The van der Waals surface area contributed by atoms with Crippen LogP contribution in [-0.2, 0) is 14.8 Å². The van der Waals surface area contributed by atoms with Gasteiger partial charge in [-0.2, -0.15) is 0 Å². The third-order valence-electron chi connectivity index (χ3n) is 3.39. The minimum absolute atomic E-state index is 0.152. The second-order valence-corrected chi connectivity index (χ2v) is 7.72. The summed E-state index contributed by atoms with van der Waals surface area (Å²) in [7, 11) is -3.26. The first-order chi connectivity index (χ1) is 10.2. The van der Waals surface area contributed by atoms with Gasteiger partial charge in [0.15, 0.2) is 0 Å². The Balaban J connectivity index is 2.55. The number of nitrogens with one attached hydrogen (secondary N) is 1. The Bertz CT molecular complexity index is 580. The Morgan fingerprint density at radius 2 is 1.77 bits per heavy atom. The SMILES string of the molecule is CCCN(CCC(=O)Nc1ccc(C(C)C)cc1)S(C)(=O)=O. The summed E-state index contributed by atoms with van der Waals surface area (Å²) < 4.78 is 24.5. The van der Waals surface area contributed by atoms with E-state index in [2.05, 4.69) is 19.2 Å². The molecule has 0 atom stereocenters. The Morgan fingerprint density at radius 3 is 2.23 bits per heavy atom. The zero-order valence-electron chi connectivity index (χ0n) is 13.8. The molecule has 0 unspecified atom stereocenters. The molecular weight excluding hydrogens is 300 g/mol. The normalized spacial score (nSPS) is 11.9. The molecule has 1 amide bonds. The van der Waals surface area contributed by atoms with E-state index in [1.165, 1.54) is 16.1 Å². The summed E-state index contributed by atoms with van der Waals surface area (Å²) in [5, 5.41) is 2.80. The average molecular weight is 326 g/mol. The zero-order valence-corrected chi connectivity index (χ0v) is 14.6. The molecule has 124 valence electrons. The van der Waals surface area contributed by atoms with Gasteiger partial charge in [0.25, 0.3) is 0 Å². The number of nitrogens with zero attached hydrogens (tertiary/aromatic N) is 1. The van der Waals surface area contributed by atoms with E-state index in [-0.39, 0.29) is 18.9 Å². The van der Waals surface area contributed by atoms with E-state index >= 15 is 0 Å². The largest absolute Gasteiger partial charge is 0.326 e. The van der Waals surface area contributed by atoms with E-state index in [1.807, 2.05) is 31.2 Å². The summed E-state index contributed by atoms with van der Waals surface area (Å²) in [5.74, 6) is 0.268. The Hall–Kier alpha value is -1.40. The third-order valence-corrected chi connectivity index (χ3v) is 4.69. The molecule has 0 radical (unpaired) electrons. The maximum Gasteiger partial charge on any atom is 0.225 e. The zero-order chi connectivity index (χ0) is 16.8. The van der Waals surface area contributed by atoms with Crippen LogP contribution < -0.4 is 5.32 Å². The minimum atomic E-state index is -3.26. The molecule has 5 nitrogen and oxygen atoms in total. The molecule has 0 saturated carbocycles. The highest BCUT2D eigenvalue weighted by Crippen LogP contribution is 2.17. The van der Waals surface area contributed by atoms with Crippen molar-refractivity contribution in [1.82, 2.24) is 4.31 Å². The van der Waals surface area contributed by atoms with Crippen LogP contribution in [0.15, 0.2) is 24.3 Å². The molecule has 0 aliphatic rings. The molecule has 1 aromatic carbocycles. The molecule has 0 bridgehead atoms. The number of carbonyl (C=O) groups excluding carboxylic acids is 1. The molecule has 22 heavy (non-hydrogen) atoms. The second-order valence-electron chi connectivity index (χ2n) is 5.74. The highest BCUT2D eigenvalue weighted by Gasteiger charge is 2.16. The molecule has 0 saturated heterocycles. The summed E-state index contributed by atoms with van der Waals surface area (Å²) in [6.07, 6.45) is 2.05. The van der Waals surface area contributed by atoms with Gasteiger partial charge in [0.1, 0.15) is 0 Å². The van der Waals surface area contributed by atoms with Gasteiger partial charge in [-0.1, -0.05) is 32.9 Å². The maximum atomic E-state index is 11.9. The van der Waals surface area contributed by atoms with Crippen LogP contribution in [0, 0.1) is 0 Å². The van der Waals surface area contributed by atoms with Crippen LogP contribution in [0.3, 0.4) is 0 Å². The smallest absolute Gasteiger partial charge is 0.225 e. The summed E-state index contributed by atoms with van der Waals surface area (Å²) in [5.41, 5.74) is 1.94. The molecule has 1 rings (SSSR count). The molecule has 0 heterocycles. The van der Waals surface area contributed by atoms with Crippen LogP contribution in [0.25, 0.3) is 0 Å². The summed E-state index contributed by atoms with van der Waals surface area (Å²) >= 11 is 0. The van der Waals surface area contributed by atoms with Crippen molar-refractivity contribution < 1.29 is 13.2 Å². The van der Waals surface area contributed by atoms with Crippen molar-refractivity contribution in [2.75, 3.05) is 24.7 Å². The topological polar surface area (TPSA) is 66.5 Å². The number of hydrogen-bond donors (Lipinski definition) is 1. The predicted octanol–water partition coefficient (Wildman–Crippen LogP) is 2.81. The van der Waals surface area contributed by atoms with Gasteiger partial charge in [0, 0.05) is 25.2 Å². The van der Waals surface area contributed by atoms with Crippen molar-refractivity contribution in [2.24, 2.45) is 0 Å². The van der Waals surface area contributed by atoms with E-state index in [4.69, 9.17) is 0 Å². The number of anilines is 1. The van der Waals surface area contributed by atoms with Crippen molar-refractivity contribution >= 4 is 21.6 Å². The average Bonchev–Trinajstić information content (AvgIpc) is 2.42. The number of carbonyl (C=O) groups is 1. The molecule has 6 heteroatoms. The lowest BCUT2D eigenvalue weighted by atomic mass is 10.0. The number of hydrogen-bond acceptors (Lipinski definition) is 3. The van der Waals surface area contributed by atoms with Gasteiger partial charge in [0.2, 0.25) is 15.9 Å². The van der Waals surface area contributed by atoms with Crippen LogP contribution in [-0.4, -0.2) is 38.0 Å². The Morgan fingerprint density at radius 1 is 1.18 bits per heavy atom. The third kappa shape index (κ3) is 6.15. The molecular formula is C16H26N2O3S. The molecule has 0 spiro atoms. The number of rotatable bonds is 8. The molecule has 0 aromatic heterocycles. The lowest BCUT2D eigenvalue weighted by Crippen LogP contribution is -2.33. The van der Waals surface area contributed by atoms with Crippen LogP contribution in [0.1, 0.15) is 45.1 Å². The summed E-state index contributed by atoms with van der Waals surface area (Å²) in [6.45, 7) is 6.79. The van der Waals surface area contributed by atoms with Crippen LogP contribution >= 0.6 is 0 Å². The maximum absolute atomic E-state index is 11.9. The number of amides is 1. The molecule has 1 aromatic rings. The standard InChI is InChI=1S/C16H26N2O3S/c1-5-11-18(22(4,20)21)12-10-16(19)17-15-8-6-14(7-9-15)13(2)3/h6-9,13H,5,10-12H2,1-4H3,(H,17,19). The first-order valence-electron chi connectivity index (χ1n) is 7.59. The van der Waals surface area contributed by atoms with Crippen molar-refractivity contribution in [2.45, 2.75) is 39.5 Å². The van der Waals surface area contributed by atoms with Crippen molar-refractivity contribution in [1.29, 1.82) is 0 Å². The number of benzene rings is 1. The van der Waals surface area contributed by atoms with Gasteiger partial charge >= 0.3 is 0 Å². The van der Waals surface area contributed by atoms with Gasteiger partial charge in [0.05, 0.1) is 6.26 Å². The Labute approximate surface area is 133 Å². The van der Waals surface area contributed by atoms with E-state index in [0.717, 1.165) is 12.1 Å². The Kier molecular flexibility index (Phi) is 7.03. The van der Waals surface area contributed by atoms with Crippen LogP contribution in [0.2, 0.25) is 0 Å². The van der Waals surface area contributed by atoms with E-state index in [0.29, 0.717) is 12.5 Å². The quantitative estimate of drug-likeness (QED) is 0.799. The fourth-order valence-electron chi connectivity index (χ4n) is 2.09. The van der Waals surface area contributed by atoms with Gasteiger partial charge in [-0.15, -0.1) is 0 Å². The molecule has 0 fully saturated rings. The van der Waals surface area contributed by atoms with E-state index in [1.54, 1.807) is 0 Å². The highest BCUT2D eigenvalue weighted by atomic mass is 32.2. The van der Waals surface area contributed by atoms with Gasteiger partial charge in [-0.25, -0.2) is 12.7 Å². The van der Waals surface area contributed by atoms with Crippen molar-refractivity contribution in [3.63, 3.8) is 0 Å². The van der Waals surface area contributed by atoms with Crippen molar-refractivity contribution in [3.05, 3.63) is 29.8 Å². The van der Waals surface area contributed by atoms with Crippen LogP contribution in [0.4, 0.5) is 5.69 Å². The molecule has 0 aliphatic heterocycles. The predicted molar refractivity (Wildman–Crippen MR) is 90.5 cm³/mol. The highest BCUT2D eigenvalue weighted by molar-refractivity contribution is 7.88. The van der Waals surface area contributed by atoms with Crippen molar-refractivity contribution in [3.8, 4) is 0 Å². The monoisotopic (exact) mass is 326 g/mol. The van der Waals surface area contributed by atoms with Gasteiger partial charge < -0.3 is 5.32 Å². The number of sulfonamides is 1. The van der Waals surface area contributed by atoms with E-state index in [9.17, 15) is 13.2 Å². The first kappa shape index (κ1) is 18.6. The fraction of sp³-hybridized carbons (Fsp3) is 0.562. The molecule has 1 N–H and O–H groups in total.